The molecular weight excluding hydrogens is 316 g/mol. The van der Waals surface area contributed by atoms with E-state index in [1.807, 2.05) is 0 Å². The van der Waals surface area contributed by atoms with Gasteiger partial charge in [0, 0.05) is 23.6 Å². The van der Waals surface area contributed by atoms with E-state index in [0.717, 1.165) is 16.3 Å². The summed E-state index contributed by atoms with van der Waals surface area (Å²) in [6, 6.07) is 4.18. The normalized spacial score (nSPS) is 10.7. The molecule has 1 amide bonds. The van der Waals surface area contributed by atoms with Crippen LogP contribution in [-0.2, 0) is 13.0 Å². The summed E-state index contributed by atoms with van der Waals surface area (Å²) in [5.41, 5.74) is 5.39. The lowest BCUT2D eigenvalue weighted by atomic mass is 10.1. The highest BCUT2D eigenvalue weighted by Gasteiger charge is 2.22. The third-order valence-corrected chi connectivity index (χ3v) is 4.13. The average Bonchev–Trinajstić information content (AvgIpc) is 2.91. The van der Waals surface area contributed by atoms with E-state index in [9.17, 15) is 14.9 Å². The highest BCUT2D eigenvalue weighted by Crippen LogP contribution is 2.24. The number of nitrogens with zero attached hydrogens (tertiary/aromatic N) is 2. The molecule has 0 radical (unpaired) electrons. The van der Waals surface area contributed by atoms with Gasteiger partial charge < -0.3 is 11.1 Å². The molecule has 1 aromatic carbocycles. The first kappa shape index (κ1) is 16.9. The Bertz CT molecular complexity index is 727. The van der Waals surface area contributed by atoms with Crippen molar-refractivity contribution >= 4 is 28.6 Å². The fourth-order valence-electron chi connectivity index (χ4n) is 2.09. The maximum Gasteiger partial charge on any atom is 0.284 e. The van der Waals surface area contributed by atoms with Crippen molar-refractivity contribution in [2.45, 2.75) is 26.8 Å². The fourth-order valence-corrected chi connectivity index (χ4v) is 3.16. The third kappa shape index (κ3) is 4.26. The fraction of sp³-hybridized carbons (Fsp3) is 0.333. The van der Waals surface area contributed by atoms with Crippen LogP contribution in [0.25, 0.3) is 0 Å². The molecule has 122 valence electrons. The molecule has 0 saturated heterocycles. The number of nitro benzene ring substituents is 1. The maximum atomic E-state index is 12.2. The first-order chi connectivity index (χ1) is 10.9. The number of anilines is 1. The van der Waals surface area contributed by atoms with Crippen LogP contribution >= 0.6 is 11.3 Å². The molecule has 0 spiro atoms. The monoisotopic (exact) mass is 334 g/mol. The van der Waals surface area contributed by atoms with Crippen molar-refractivity contribution in [2.75, 3.05) is 5.73 Å². The number of nitrogen functional groups attached to an aromatic ring is 1. The van der Waals surface area contributed by atoms with Crippen molar-refractivity contribution in [3.8, 4) is 0 Å². The molecule has 3 N–H and O–H groups in total. The van der Waals surface area contributed by atoms with Crippen molar-refractivity contribution in [1.82, 2.24) is 10.3 Å². The van der Waals surface area contributed by atoms with E-state index in [2.05, 4.69) is 24.1 Å². The molecule has 1 aromatic heterocycles. The van der Waals surface area contributed by atoms with Crippen LogP contribution in [0, 0.1) is 16.0 Å². The van der Waals surface area contributed by atoms with Crippen molar-refractivity contribution in [3.05, 3.63) is 50.0 Å². The molecule has 0 atom stereocenters. The highest BCUT2D eigenvalue weighted by atomic mass is 32.1. The van der Waals surface area contributed by atoms with Gasteiger partial charge in [0.05, 0.1) is 22.2 Å². The van der Waals surface area contributed by atoms with E-state index >= 15 is 0 Å². The highest BCUT2D eigenvalue weighted by molar-refractivity contribution is 7.11. The Morgan fingerprint density at radius 2 is 2.22 bits per heavy atom. The largest absolute Gasteiger partial charge is 0.398 e. The molecule has 0 aliphatic rings. The van der Waals surface area contributed by atoms with Gasteiger partial charge >= 0.3 is 0 Å². The minimum absolute atomic E-state index is 0.0847. The van der Waals surface area contributed by atoms with Gasteiger partial charge in [0.15, 0.2) is 0 Å². The molecule has 0 aliphatic carbocycles. The van der Waals surface area contributed by atoms with Gasteiger partial charge in [-0.2, -0.15) is 0 Å². The SMILES string of the molecule is CC(C)Cc1ncc(CNC(=O)c2c(N)cccc2[N+](=O)[O-])s1. The number of nitro groups is 1. The van der Waals surface area contributed by atoms with Crippen LogP contribution in [0.15, 0.2) is 24.4 Å². The molecule has 2 rings (SSSR count). The van der Waals surface area contributed by atoms with Crippen molar-refractivity contribution < 1.29 is 9.72 Å². The number of nitrogens with one attached hydrogen (secondary N) is 1. The summed E-state index contributed by atoms with van der Waals surface area (Å²) in [7, 11) is 0. The molecule has 23 heavy (non-hydrogen) atoms. The maximum absolute atomic E-state index is 12.2. The number of carbonyl (C=O) groups excluding carboxylic acids is 1. The second-order valence-corrected chi connectivity index (χ2v) is 6.70. The van der Waals surface area contributed by atoms with E-state index in [1.165, 1.54) is 29.5 Å². The first-order valence-corrected chi connectivity index (χ1v) is 7.94. The lowest BCUT2D eigenvalue weighted by Crippen LogP contribution is -2.24. The predicted molar refractivity (Wildman–Crippen MR) is 89.3 cm³/mol. The predicted octanol–water partition coefficient (Wildman–Crippen LogP) is 2.76. The number of rotatable bonds is 6. The minimum Gasteiger partial charge on any atom is -0.398 e. The first-order valence-electron chi connectivity index (χ1n) is 7.13. The Labute approximate surface area is 137 Å². The molecule has 0 bridgehead atoms. The molecule has 0 aliphatic heterocycles. The second-order valence-electron chi connectivity index (χ2n) is 5.50. The molecule has 0 fully saturated rings. The Morgan fingerprint density at radius 1 is 1.48 bits per heavy atom. The summed E-state index contributed by atoms with van der Waals surface area (Å²) in [4.78, 5) is 27.8. The number of aromatic nitrogens is 1. The Kier molecular flexibility index (Phi) is 5.28. The van der Waals surface area contributed by atoms with Crippen LogP contribution in [0.3, 0.4) is 0 Å². The van der Waals surface area contributed by atoms with Crippen LogP contribution in [0.2, 0.25) is 0 Å². The lowest BCUT2D eigenvalue weighted by molar-refractivity contribution is -0.385. The van der Waals surface area contributed by atoms with Crippen LogP contribution in [0.4, 0.5) is 11.4 Å². The number of hydrogen-bond acceptors (Lipinski definition) is 6. The summed E-state index contributed by atoms with van der Waals surface area (Å²) in [6.45, 7) is 4.49. The summed E-state index contributed by atoms with van der Waals surface area (Å²) in [6.07, 6.45) is 2.60. The van der Waals surface area contributed by atoms with E-state index in [4.69, 9.17) is 5.73 Å². The van der Waals surface area contributed by atoms with E-state index in [0.29, 0.717) is 5.92 Å². The van der Waals surface area contributed by atoms with Crippen LogP contribution in [0.5, 0.6) is 0 Å². The molecule has 0 saturated carbocycles. The minimum atomic E-state index is -0.612. The van der Waals surface area contributed by atoms with E-state index < -0.39 is 10.8 Å². The molecule has 0 unspecified atom stereocenters. The third-order valence-electron chi connectivity index (χ3n) is 3.11. The number of benzene rings is 1. The van der Waals surface area contributed by atoms with Gasteiger partial charge in [0.1, 0.15) is 5.56 Å². The van der Waals surface area contributed by atoms with Gasteiger partial charge in [-0.05, 0) is 12.0 Å². The van der Waals surface area contributed by atoms with Crippen molar-refractivity contribution in [3.63, 3.8) is 0 Å². The number of nitrogens with two attached hydrogens (primary N) is 1. The summed E-state index contributed by atoms with van der Waals surface area (Å²) in [5, 5.41) is 14.7. The van der Waals surface area contributed by atoms with Crippen LogP contribution in [0.1, 0.15) is 34.1 Å². The van der Waals surface area contributed by atoms with Gasteiger partial charge in [-0.1, -0.05) is 19.9 Å². The lowest BCUT2D eigenvalue weighted by Gasteiger charge is -2.07. The Hall–Kier alpha value is -2.48. The van der Waals surface area contributed by atoms with Crippen LogP contribution in [-0.4, -0.2) is 15.8 Å². The smallest absolute Gasteiger partial charge is 0.284 e. The van der Waals surface area contributed by atoms with Gasteiger partial charge in [-0.25, -0.2) is 4.98 Å². The zero-order valence-corrected chi connectivity index (χ0v) is 13.7. The zero-order chi connectivity index (χ0) is 17.0. The standard InChI is InChI=1S/C15H18N4O3S/c1-9(2)6-13-17-7-10(23-13)8-18-15(20)14-11(16)4-3-5-12(14)19(21)22/h3-5,7,9H,6,8,16H2,1-2H3,(H,18,20). The Balaban J connectivity index is 2.08. The quantitative estimate of drug-likeness (QED) is 0.479. The second kappa shape index (κ2) is 7.19. The average molecular weight is 334 g/mol. The molecule has 1 heterocycles. The van der Waals surface area contributed by atoms with Crippen molar-refractivity contribution in [2.24, 2.45) is 5.92 Å². The molecular formula is C15H18N4O3S. The number of thiazole rings is 1. The molecule has 7 nitrogen and oxygen atoms in total. The molecule has 8 heteroatoms. The number of hydrogen-bond donors (Lipinski definition) is 2. The summed E-state index contributed by atoms with van der Waals surface area (Å²) in [5.74, 6) is -0.0519. The molecule has 2 aromatic rings. The topological polar surface area (TPSA) is 111 Å². The van der Waals surface area contributed by atoms with Gasteiger partial charge in [-0.15, -0.1) is 11.3 Å². The summed E-state index contributed by atoms with van der Waals surface area (Å²) < 4.78 is 0. The van der Waals surface area contributed by atoms with Crippen LogP contribution < -0.4 is 11.1 Å². The van der Waals surface area contributed by atoms with Gasteiger partial charge in [0.2, 0.25) is 0 Å². The zero-order valence-electron chi connectivity index (χ0n) is 12.9. The van der Waals surface area contributed by atoms with E-state index in [1.54, 1.807) is 6.20 Å². The Morgan fingerprint density at radius 3 is 2.87 bits per heavy atom. The van der Waals surface area contributed by atoms with Crippen molar-refractivity contribution in [1.29, 1.82) is 0 Å². The summed E-state index contributed by atoms with van der Waals surface area (Å²) >= 11 is 1.52. The van der Waals surface area contributed by atoms with E-state index in [-0.39, 0.29) is 23.5 Å². The van der Waals surface area contributed by atoms with Gasteiger partial charge in [-0.3, -0.25) is 14.9 Å². The number of amides is 1. The van der Waals surface area contributed by atoms with Gasteiger partial charge in [0.25, 0.3) is 11.6 Å². The number of carbonyl (C=O) groups is 1.